The Hall–Kier alpha value is -5.79. The molecular weight excluding hydrogens is 725 g/mol. The molecule has 0 spiro atoms. The molecule has 2 aliphatic heterocycles. The molecular formula is C34H37N10O7S2+. The number of rotatable bonds is 14. The molecule has 0 aliphatic carbocycles. The number of anilines is 1. The lowest BCUT2D eigenvalue weighted by molar-refractivity contribution is -0.687. The van der Waals surface area contributed by atoms with E-state index in [-0.39, 0.29) is 34.5 Å². The highest BCUT2D eigenvalue weighted by molar-refractivity contribution is 8.00. The molecule has 19 heteroatoms. The fourth-order valence-corrected chi connectivity index (χ4v) is 7.62. The van der Waals surface area contributed by atoms with Crippen molar-refractivity contribution in [3.63, 3.8) is 0 Å². The largest absolute Gasteiger partial charge is 0.478 e. The topological polar surface area (TPSA) is 255 Å². The van der Waals surface area contributed by atoms with E-state index < -0.39 is 40.8 Å². The van der Waals surface area contributed by atoms with Gasteiger partial charge >= 0.3 is 11.9 Å². The molecule has 0 unspecified atom stereocenters. The zero-order valence-electron chi connectivity index (χ0n) is 28.6. The number of nitrogens with one attached hydrogen (secondary N) is 3. The van der Waals surface area contributed by atoms with Crippen molar-refractivity contribution in [2.24, 2.45) is 10.9 Å². The number of aromatic nitrogens is 3. The van der Waals surface area contributed by atoms with Gasteiger partial charge in [0.2, 0.25) is 5.60 Å². The third-order valence-electron chi connectivity index (χ3n) is 8.58. The highest BCUT2D eigenvalue weighted by Crippen LogP contribution is 2.40. The summed E-state index contributed by atoms with van der Waals surface area (Å²) in [5.74, 6) is -3.48. The number of nitrogen functional groups attached to an aromatic ring is 1. The Balaban J connectivity index is 1.15. The third-order valence-corrected chi connectivity index (χ3v) is 10.6. The smallest absolute Gasteiger partial charge is 0.352 e. The number of carbonyl (C=O) groups is 4. The van der Waals surface area contributed by atoms with E-state index in [1.54, 1.807) is 0 Å². The molecule has 0 saturated carbocycles. The summed E-state index contributed by atoms with van der Waals surface area (Å²) in [5, 5.41) is 38.9. The summed E-state index contributed by atoms with van der Waals surface area (Å²) in [6.07, 6.45) is 5.75. The van der Waals surface area contributed by atoms with Gasteiger partial charge in [-0.05, 0) is 25.5 Å². The number of carboxylic acid groups (broad SMARTS) is 2. The molecule has 1 aromatic carbocycles. The lowest BCUT2D eigenvalue weighted by atomic mass is 10.0. The molecule has 0 bridgehead atoms. The van der Waals surface area contributed by atoms with Crippen LogP contribution < -0.4 is 26.7 Å². The third kappa shape index (κ3) is 7.71. The molecule has 1 saturated heterocycles. The monoisotopic (exact) mass is 761 g/mol. The quantitative estimate of drug-likeness (QED) is 0.0311. The number of carbonyl (C=O) groups excluding carboxylic acids is 2. The fourth-order valence-electron chi connectivity index (χ4n) is 5.73. The van der Waals surface area contributed by atoms with Gasteiger partial charge in [0.25, 0.3) is 11.8 Å². The van der Waals surface area contributed by atoms with E-state index in [2.05, 4.69) is 25.3 Å². The Morgan fingerprint density at radius 1 is 1.19 bits per heavy atom. The van der Waals surface area contributed by atoms with Gasteiger partial charge in [-0.3, -0.25) is 19.9 Å². The van der Waals surface area contributed by atoms with Crippen LogP contribution in [0.4, 0.5) is 5.13 Å². The Kier molecular flexibility index (Phi) is 10.5. The summed E-state index contributed by atoms with van der Waals surface area (Å²) < 4.78 is 3.96. The van der Waals surface area contributed by atoms with Gasteiger partial charge < -0.3 is 41.7 Å². The maximum Gasteiger partial charge on any atom is 0.352 e. The number of thiazole rings is 1. The molecule has 4 aromatic rings. The van der Waals surface area contributed by atoms with Crippen LogP contribution in [0, 0.1) is 5.41 Å². The van der Waals surface area contributed by atoms with Crippen LogP contribution in [0.25, 0.3) is 10.9 Å². The predicted molar refractivity (Wildman–Crippen MR) is 197 cm³/mol. The van der Waals surface area contributed by atoms with Crippen LogP contribution in [0.1, 0.15) is 30.7 Å². The molecule has 53 heavy (non-hydrogen) atoms. The predicted octanol–water partition coefficient (Wildman–Crippen LogP) is 0.912. The number of pyridine rings is 1. The van der Waals surface area contributed by atoms with Gasteiger partial charge in [-0.25, -0.2) is 19.1 Å². The minimum Gasteiger partial charge on any atom is -0.478 e. The molecule has 0 radical (unpaired) electrons. The van der Waals surface area contributed by atoms with Gasteiger partial charge in [0.1, 0.15) is 28.6 Å². The lowest BCUT2D eigenvalue weighted by Crippen LogP contribution is -2.71. The summed E-state index contributed by atoms with van der Waals surface area (Å²) >= 11 is 2.34. The Labute approximate surface area is 310 Å². The normalized spacial score (nSPS) is 17.3. The summed E-state index contributed by atoms with van der Waals surface area (Å²) in [7, 11) is 0. The first-order chi connectivity index (χ1) is 25.3. The Bertz CT molecular complexity index is 2180. The molecule has 276 valence electrons. The van der Waals surface area contributed by atoms with E-state index in [0.717, 1.165) is 33.4 Å². The van der Waals surface area contributed by atoms with Gasteiger partial charge in [-0.1, -0.05) is 29.4 Å². The number of carboxylic acids is 2. The second-order valence-electron chi connectivity index (χ2n) is 12.7. The number of nitrogens with two attached hydrogens (primary N) is 2. The number of benzene rings is 1. The van der Waals surface area contributed by atoms with Gasteiger partial charge in [-0.15, -0.1) is 23.1 Å². The van der Waals surface area contributed by atoms with Crippen molar-refractivity contribution in [3.05, 3.63) is 88.5 Å². The molecule has 1 fully saturated rings. The number of hydrogen-bond acceptors (Lipinski definition) is 12. The van der Waals surface area contributed by atoms with Crippen molar-refractivity contribution in [3.8, 4) is 0 Å². The van der Waals surface area contributed by atoms with Crippen LogP contribution in [0.2, 0.25) is 0 Å². The molecule has 6 rings (SSSR count). The van der Waals surface area contributed by atoms with Crippen molar-refractivity contribution < 1.29 is 38.8 Å². The number of nitrogens with zero attached hydrogens (tertiary/aromatic N) is 5. The van der Waals surface area contributed by atoms with E-state index in [0.29, 0.717) is 31.0 Å². The zero-order valence-corrected chi connectivity index (χ0v) is 30.2. The summed E-state index contributed by atoms with van der Waals surface area (Å²) in [5.41, 5.74) is 12.3. The number of hydrogen-bond donors (Lipinski definition) is 7. The van der Waals surface area contributed by atoms with Gasteiger partial charge in [-0.2, -0.15) is 0 Å². The molecule has 2 atom stereocenters. The zero-order chi connectivity index (χ0) is 38.0. The van der Waals surface area contributed by atoms with Gasteiger partial charge in [0.05, 0.1) is 10.9 Å². The molecule has 2 aliphatic rings. The summed E-state index contributed by atoms with van der Waals surface area (Å²) in [6.45, 7) is 4.29. The fraction of sp³-hybridized carbons (Fsp3) is 0.294. The summed E-state index contributed by atoms with van der Waals surface area (Å²) in [6, 6.07) is 10.6. The first kappa shape index (κ1) is 37.0. The van der Waals surface area contributed by atoms with Gasteiger partial charge in [0.15, 0.2) is 29.8 Å². The molecule has 2 amide bonds. The highest BCUT2D eigenvalue weighted by atomic mass is 32.2. The maximum absolute atomic E-state index is 13.4. The Morgan fingerprint density at radius 2 is 1.94 bits per heavy atom. The van der Waals surface area contributed by atoms with Gasteiger partial charge in [0, 0.05) is 54.2 Å². The number of fused-ring (bicyclic) bond motifs is 2. The first-order valence-electron chi connectivity index (χ1n) is 16.3. The van der Waals surface area contributed by atoms with Crippen LogP contribution >= 0.6 is 23.1 Å². The maximum atomic E-state index is 13.4. The highest BCUT2D eigenvalue weighted by Gasteiger charge is 2.55. The van der Waals surface area contributed by atoms with Crippen LogP contribution in [0.3, 0.4) is 0 Å². The molecule has 9 N–H and O–H groups in total. The molecule has 5 heterocycles. The van der Waals surface area contributed by atoms with Crippen molar-refractivity contribution in [2.45, 2.75) is 44.0 Å². The van der Waals surface area contributed by atoms with Crippen LogP contribution in [-0.4, -0.2) is 95.8 Å². The first-order valence-corrected chi connectivity index (χ1v) is 18.2. The number of amidine groups is 1. The number of thioether (sulfide) groups is 1. The van der Waals surface area contributed by atoms with E-state index in [4.69, 9.17) is 21.7 Å². The summed E-state index contributed by atoms with van der Waals surface area (Å²) in [4.78, 5) is 61.3. The van der Waals surface area contributed by atoms with Crippen molar-refractivity contribution >= 4 is 74.4 Å². The lowest BCUT2D eigenvalue weighted by Gasteiger charge is -2.49. The van der Waals surface area contributed by atoms with E-state index >= 15 is 0 Å². The van der Waals surface area contributed by atoms with E-state index in [1.807, 2.05) is 59.6 Å². The minimum atomic E-state index is -1.78. The average Bonchev–Trinajstić information content (AvgIpc) is 3.74. The van der Waals surface area contributed by atoms with Crippen molar-refractivity contribution in [1.29, 1.82) is 5.41 Å². The Morgan fingerprint density at radius 3 is 2.60 bits per heavy atom. The van der Waals surface area contributed by atoms with Crippen LogP contribution in [0.5, 0.6) is 0 Å². The SMILES string of the molecule is CC(C)(O/N=C(\C(=O)N[C@@H]1C(=O)N2C(C(=O)O)=C(C[n+]3ccc4c(ccn4Cc4ccc(C(=N)NCCN)cc4)c3)CS[C@H]12)c1csc(N)n1)C(=O)O. The van der Waals surface area contributed by atoms with Crippen LogP contribution in [0.15, 0.2) is 76.8 Å². The average molecular weight is 762 g/mol. The van der Waals surface area contributed by atoms with E-state index in [9.17, 15) is 29.4 Å². The number of oxime groups is 1. The number of aliphatic carboxylic acids is 2. The standard InChI is InChI=1S/C34H36N10O7S2/c1-34(2,32(49)50)51-41-24(22-17-53-33(37)39-22)28(45)40-25-29(46)44-26(31(47)48)21(16-52-30(25)44)15-42-11-8-23-20(14-42)7-12-43(23)13-18-3-5-19(6-4-18)27(36)38-10-9-35/h3-8,11-12,14,17,25,30H,9-10,13,15-16,35H2,1-2H3,(H6-,36,37,38,39,40,45,47,48,49,50)/p+1/b41-24-/t25-,30-/m1/s1. The number of amides is 2. The molecule has 17 nitrogen and oxygen atoms in total. The minimum absolute atomic E-state index is 0.0205. The molecule has 3 aromatic heterocycles. The van der Waals surface area contributed by atoms with E-state index in [1.165, 1.54) is 35.9 Å². The van der Waals surface area contributed by atoms with Crippen molar-refractivity contribution in [2.75, 3.05) is 24.6 Å². The number of β-lactam (4-membered cyclic amide) rings is 1. The van der Waals surface area contributed by atoms with Crippen LogP contribution in [-0.2, 0) is 37.1 Å². The second kappa shape index (κ2) is 15.1. The van der Waals surface area contributed by atoms with Crippen molar-refractivity contribution in [1.82, 2.24) is 25.1 Å². The second-order valence-corrected chi connectivity index (χ2v) is 14.7.